The molecule has 0 atom stereocenters. The Hall–Kier alpha value is -1.97. The van der Waals surface area contributed by atoms with Gasteiger partial charge in [-0.3, -0.25) is 0 Å². The quantitative estimate of drug-likeness (QED) is 0.270. The van der Waals surface area contributed by atoms with Crippen LogP contribution in [-0.4, -0.2) is 6.61 Å². The molecular formula is C36H47F3O. The zero-order chi connectivity index (χ0) is 27.8. The third-order valence-corrected chi connectivity index (χ3v) is 11.2. The molecule has 2 aromatic rings. The lowest BCUT2D eigenvalue weighted by Gasteiger charge is -2.38. The van der Waals surface area contributed by atoms with Gasteiger partial charge in [-0.25, -0.2) is 8.78 Å². The first-order valence-corrected chi connectivity index (χ1v) is 16.4. The van der Waals surface area contributed by atoms with E-state index in [2.05, 4.69) is 13.8 Å². The van der Waals surface area contributed by atoms with E-state index in [0.717, 1.165) is 75.0 Å². The Morgan fingerprint density at radius 1 is 0.700 bits per heavy atom. The van der Waals surface area contributed by atoms with E-state index in [1.807, 2.05) is 12.1 Å². The zero-order valence-electron chi connectivity index (χ0n) is 24.6. The number of halogens is 3. The molecule has 0 bridgehead atoms. The molecule has 0 heterocycles. The van der Waals surface area contributed by atoms with Crippen molar-refractivity contribution < 1.29 is 17.9 Å². The van der Waals surface area contributed by atoms with Crippen molar-refractivity contribution >= 4 is 0 Å². The molecule has 4 aliphatic carbocycles. The Balaban J connectivity index is 1.09. The van der Waals surface area contributed by atoms with Crippen molar-refractivity contribution in [3.05, 3.63) is 41.2 Å². The molecule has 218 valence electrons. The molecule has 0 spiro atoms. The van der Waals surface area contributed by atoms with Crippen LogP contribution in [0.15, 0.2) is 18.2 Å². The van der Waals surface area contributed by atoms with Gasteiger partial charge in [0.05, 0.1) is 6.61 Å². The molecule has 3 saturated carbocycles. The average molecular weight is 553 g/mol. The fourth-order valence-corrected chi connectivity index (χ4v) is 8.52. The number of rotatable bonds is 8. The smallest absolute Gasteiger partial charge is 0.201 e. The van der Waals surface area contributed by atoms with Crippen LogP contribution < -0.4 is 4.74 Å². The maximum absolute atomic E-state index is 15.9. The van der Waals surface area contributed by atoms with E-state index < -0.39 is 11.6 Å². The van der Waals surface area contributed by atoms with E-state index in [9.17, 15) is 0 Å². The van der Waals surface area contributed by atoms with Gasteiger partial charge in [-0.05, 0) is 110 Å². The fraction of sp³-hybridized carbons (Fsp3) is 0.667. The van der Waals surface area contributed by atoms with Crippen LogP contribution in [-0.2, 0) is 0 Å². The van der Waals surface area contributed by atoms with Crippen LogP contribution in [0.4, 0.5) is 13.2 Å². The minimum absolute atomic E-state index is 0.0391. The van der Waals surface area contributed by atoms with Gasteiger partial charge in [0.25, 0.3) is 0 Å². The van der Waals surface area contributed by atoms with Crippen LogP contribution in [0, 0.1) is 47.0 Å². The third kappa shape index (κ3) is 5.45. The van der Waals surface area contributed by atoms with Gasteiger partial charge in [0.1, 0.15) is 5.82 Å². The SMILES string of the molecule is CCCCC1CCC(C2CCC(c3ccc4c(c3F)-c3c-4cc(OCC4CCC(C)CC4)c(F)c3F)CC2)CC1. The van der Waals surface area contributed by atoms with Crippen LogP contribution in [0.5, 0.6) is 5.75 Å². The molecule has 0 N–H and O–H groups in total. The van der Waals surface area contributed by atoms with Gasteiger partial charge in [-0.2, -0.15) is 4.39 Å². The molecule has 0 saturated heterocycles. The van der Waals surface area contributed by atoms with E-state index in [1.54, 1.807) is 6.07 Å². The minimum Gasteiger partial charge on any atom is -0.490 e. The van der Waals surface area contributed by atoms with E-state index in [-0.39, 0.29) is 28.6 Å². The second kappa shape index (κ2) is 12.1. The van der Waals surface area contributed by atoms with Gasteiger partial charge < -0.3 is 4.74 Å². The molecule has 0 radical (unpaired) electrons. The van der Waals surface area contributed by atoms with E-state index >= 15 is 13.2 Å². The Morgan fingerprint density at radius 2 is 1.32 bits per heavy atom. The topological polar surface area (TPSA) is 9.23 Å². The number of fused-ring (bicyclic) bond motifs is 4. The lowest BCUT2D eigenvalue weighted by Crippen LogP contribution is -2.25. The molecule has 0 aliphatic heterocycles. The van der Waals surface area contributed by atoms with Crippen molar-refractivity contribution in [1.82, 2.24) is 0 Å². The van der Waals surface area contributed by atoms with Gasteiger partial charge in [0, 0.05) is 11.1 Å². The number of benzene rings is 2. The van der Waals surface area contributed by atoms with Gasteiger partial charge in [-0.1, -0.05) is 70.9 Å². The largest absolute Gasteiger partial charge is 0.490 e. The maximum atomic E-state index is 15.9. The molecule has 1 nitrogen and oxygen atoms in total. The van der Waals surface area contributed by atoms with Gasteiger partial charge in [0.2, 0.25) is 5.82 Å². The molecule has 0 unspecified atom stereocenters. The second-order valence-electron chi connectivity index (χ2n) is 13.8. The normalized spacial score (nSPS) is 29.8. The Morgan fingerprint density at radius 3 is 2.00 bits per heavy atom. The molecule has 2 aromatic carbocycles. The summed E-state index contributed by atoms with van der Waals surface area (Å²) in [5, 5.41) is 0. The number of hydrogen-bond donors (Lipinski definition) is 0. The van der Waals surface area contributed by atoms with Crippen molar-refractivity contribution in [3.63, 3.8) is 0 Å². The number of unbranched alkanes of at least 4 members (excludes halogenated alkanes) is 1. The molecular weight excluding hydrogens is 505 g/mol. The minimum atomic E-state index is -0.983. The van der Waals surface area contributed by atoms with Crippen molar-refractivity contribution in [2.75, 3.05) is 6.61 Å². The van der Waals surface area contributed by atoms with E-state index in [0.29, 0.717) is 29.2 Å². The molecule has 40 heavy (non-hydrogen) atoms. The Kier molecular flexibility index (Phi) is 8.52. The van der Waals surface area contributed by atoms with Gasteiger partial charge in [-0.15, -0.1) is 0 Å². The van der Waals surface area contributed by atoms with Crippen molar-refractivity contribution in [2.45, 2.75) is 116 Å². The highest BCUT2D eigenvalue weighted by molar-refractivity contribution is 6.03. The van der Waals surface area contributed by atoms with Crippen molar-refractivity contribution in [2.24, 2.45) is 29.6 Å². The third-order valence-electron chi connectivity index (χ3n) is 11.2. The summed E-state index contributed by atoms with van der Waals surface area (Å²) in [6, 6.07) is 5.41. The Labute approximate surface area is 239 Å². The van der Waals surface area contributed by atoms with E-state index in [4.69, 9.17) is 4.74 Å². The highest BCUT2D eigenvalue weighted by Crippen LogP contribution is 2.54. The van der Waals surface area contributed by atoms with Crippen LogP contribution >= 0.6 is 0 Å². The average Bonchev–Trinajstić information content (AvgIpc) is 2.97. The predicted octanol–water partition coefficient (Wildman–Crippen LogP) is 11.2. The summed E-state index contributed by atoms with van der Waals surface area (Å²) in [4.78, 5) is 0. The molecule has 0 aromatic heterocycles. The van der Waals surface area contributed by atoms with Crippen LogP contribution in [0.1, 0.15) is 122 Å². The number of hydrogen-bond acceptors (Lipinski definition) is 1. The van der Waals surface area contributed by atoms with Gasteiger partial charge in [0.15, 0.2) is 11.6 Å². The fourth-order valence-electron chi connectivity index (χ4n) is 8.52. The lowest BCUT2D eigenvalue weighted by atomic mass is 9.67. The summed E-state index contributed by atoms with van der Waals surface area (Å²) in [6.07, 6.45) is 18.3. The van der Waals surface area contributed by atoms with E-state index in [1.165, 1.54) is 44.9 Å². The van der Waals surface area contributed by atoms with Crippen molar-refractivity contribution in [3.8, 4) is 28.0 Å². The Bertz CT molecular complexity index is 1180. The molecule has 4 heteroatoms. The van der Waals surface area contributed by atoms with Crippen molar-refractivity contribution in [1.29, 1.82) is 0 Å². The molecule has 4 aliphatic rings. The summed E-state index contributed by atoms with van der Waals surface area (Å²) >= 11 is 0. The maximum Gasteiger partial charge on any atom is 0.201 e. The molecule has 6 rings (SSSR count). The van der Waals surface area contributed by atoms with Crippen LogP contribution in [0.25, 0.3) is 22.3 Å². The summed E-state index contributed by atoms with van der Waals surface area (Å²) in [7, 11) is 0. The van der Waals surface area contributed by atoms with Gasteiger partial charge >= 0.3 is 0 Å². The first-order chi connectivity index (χ1) is 19.4. The highest BCUT2D eigenvalue weighted by Gasteiger charge is 2.37. The standard InChI is InChI=1S/C36H47F3O/c1-3-4-5-23-10-12-25(13-11-23)26-14-16-27(17-15-26)28-18-19-29-30-20-31(40-21-24-8-6-22(2)7-9-24)35(38)36(39)33(30)32(29)34(28)37/h18-20,22-27H,3-17,21H2,1-2H3. The highest BCUT2D eigenvalue weighted by atomic mass is 19.2. The number of ether oxygens (including phenoxy) is 1. The lowest BCUT2D eigenvalue weighted by molar-refractivity contribution is 0.155. The first-order valence-electron chi connectivity index (χ1n) is 16.4. The zero-order valence-corrected chi connectivity index (χ0v) is 24.6. The monoisotopic (exact) mass is 552 g/mol. The molecule has 0 amide bonds. The summed E-state index contributed by atoms with van der Waals surface area (Å²) < 4.78 is 52.0. The predicted molar refractivity (Wildman–Crippen MR) is 157 cm³/mol. The summed E-state index contributed by atoms with van der Waals surface area (Å²) in [5.74, 6) is 1.48. The molecule has 3 fully saturated rings. The summed E-state index contributed by atoms with van der Waals surface area (Å²) in [6.45, 7) is 4.95. The second-order valence-corrected chi connectivity index (χ2v) is 13.8. The van der Waals surface area contributed by atoms with Crippen LogP contribution in [0.3, 0.4) is 0 Å². The first kappa shape index (κ1) is 28.2. The summed E-state index contributed by atoms with van der Waals surface area (Å²) in [5.41, 5.74) is 2.31. The van der Waals surface area contributed by atoms with Crippen LogP contribution in [0.2, 0.25) is 0 Å².